The molecule has 1 N–H and O–H groups in total. The average molecular weight is 396 g/mol. The van der Waals surface area contributed by atoms with Gasteiger partial charge in [-0.05, 0) is 42.3 Å². The van der Waals surface area contributed by atoms with Crippen molar-refractivity contribution in [2.24, 2.45) is 0 Å². The van der Waals surface area contributed by atoms with Gasteiger partial charge in [0.15, 0.2) is 0 Å². The van der Waals surface area contributed by atoms with Crippen molar-refractivity contribution >= 4 is 34.2 Å². The van der Waals surface area contributed by atoms with Gasteiger partial charge in [-0.25, -0.2) is 9.18 Å². The Bertz CT molecular complexity index is 1020. The molecule has 3 rings (SSSR count). The fourth-order valence-electron chi connectivity index (χ4n) is 2.73. The van der Waals surface area contributed by atoms with Gasteiger partial charge in [0.1, 0.15) is 17.1 Å². The molecule has 0 radical (unpaired) electrons. The third-order valence-electron chi connectivity index (χ3n) is 4.14. The van der Waals surface area contributed by atoms with Gasteiger partial charge < -0.3 is 14.5 Å². The quantitative estimate of drug-likeness (QED) is 0.482. The third kappa shape index (κ3) is 3.85. The molecule has 1 atom stereocenters. The first-order valence-corrected chi connectivity index (χ1v) is 8.63. The molecular formula is C19H16Cl2FNO3. The van der Waals surface area contributed by atoms with Gasteiger partial charge in [-0.3, -0.25) is 0 Å². The van der Waals surface area contributed by atoms with Gasteiger partial charge >= 0.3 is 5.63 Å². The van der Waals surface area contributed by atoms with Crippen molar-refractivity contribution in [2.75, 3.05) is 7.11 Å². The van der Waals surface area contributed by atoms with Crippen molar-refractivity contribution in [3.05, 3.63) is 73.8 Å². The Kier molecular flexibility index (Phi) is 5.51. The number of halogens is 3. The van der Waals surface area contributed by atoms with E-state index in [2.05, 4.69) is 5.32 Å². The normalized spacial score (nSPS) is 12.3. The second-order valence-corrected chi connectivity index (χ2v) is 6.66. The van der Waals surface area contributed by atoms with Crippen LogP contribution < -0.4 is 15.7 Å². The highest BCUT2D eigenvalue weighted by molar-refractivity contribution is 6.35. The molecule has 0 saturated heterocycles. The second-order valence-electron chi connectivity index (χ2n) is 5.84. The molecule has 7 heteroatoms. The molecule has 0 aliphatic carbocycles. The topological polar surface area (TPSA) is 51.5 Å². The molecule has 136 valence electrons. The second kappa shape index (κ2) is 7.66. The number of ether oxygens (including phenoxy) is 1. The van der Waals surface area contributed by atoms with Gasteiger partial charge in [0.05, 0.1) is 12.1 Å². The van der Waals surface area contributed by atoms with E-state index in [9.17, 15) is 9.18 Å². The first kappa shape index (κ1) is 18.7. The molecular weight excluding hydrogens is 380 g/mol. The molecule has 0 fully saturated rings. The van der Waals surface area contributed by atoms with Crippen LogP contribution in [0.5, 0.6) is 5.75 Å². The van der Waals surface area contributed by atoms with E-state index in [1.807, 2.05) is 13.0 Å². The fraction of sp³-hybridized carbons (Fsp3) is 0.211. The summed E-state index contributed by atoms with van der Waals surface area (Å²) in [6.07, 6.45) is 0. The Morgan fingerprint density at radius 2 is 1.96 bits per heavy atom. The van der Waals surface area contributed by atoms with Crippen LogP contribution >= 0.6 is 23.2 Å². The summed E-state index contributed by atoms with van der Waals surface area (Å²) in [5.41, 5.74) is 1.33. The van der Waals surface area contributed by atoms with Crippen molar-refractivity contribution in [1.29, 1.82) is 0 Å². The summed E-state index contributed by atoms with van der Waals surface area (Å²) in [6.45, 7) is 2.22. The van der Waals surface area contributed by atoms with Crippen LogP contribution in [0.4, 0.5) is 4.39 Å². The summed E-state index contributed by atoms with van der Waals surface area (Å²) in [6, 6.07) is 9.15. The van der Waals surface area contributed by atoms with Gasteiger partial charge in [0.2, 0.25) is 0 Å². The number of nitrogens with one attached hydrogen (secondary N) is 1. The summed E-state index contributed by atoms with van der Waals surface area (Å²) in [4.78, 5) is 11.8. The number of hydrogen-bond donors (Lipinski definition) is 1. The van der Waals surface area contributed by atoms with Crippen molar-refractivity contribution in [3.8, 4) is 5.75 Å². The molecule has 0 aliphatic heterocycles. The molecule has 4 nitrogen and oxygen atoms in total. The molecule has 3 aromatic rings. The third-order valence-corrected chi connectivity index (χ3v) is 4.76. The highest BCUT2D eigenvalue weighted by Crippen LogP contribution is 2.29. The minimum absolute atomic E-state index is 0.0217. The maximum atomic E-state index is 13.7. The van der Waals surface area contributed by atoms with Crippen LogP contribution in [0.2, 0.25) is 10.0 Å². The number of rotatable bonds is 5. The molecule has 0 unspecified atom stereocenters. The van der Waals surface area contributed by atoms with Gasteiger partial charge in [-0.1, -0.05) is 23.2 Å². The number of methoxy groups -OCH3 is 1. The predicted octanol–water partition coefficient (Wildman–Crippen LogP) is 5.10. The monoisotopic (exact) mass is 395 g/mol. The first-order chi connectivity index (χ1) is 12.4. The maximum absolute atomic E-state index is 13.7. The number of fused-ring (bicyclic) bond motifs is 1. The Hall–Kier alpha value is -2.08. The fourth-order valence-corrected chi connectivity index (χ4v) is 3.27. The SMILES string of the molecule is COc1ccc2c(CN[C@H](C)c3cc(F)c(Cl)cc3Cl)cc(=O)oc2c1. The van der Waals surface area contributed by atoms with Gasteiger partial charge in [-0.15, -0.1) is 0 Å². The smallest absolute Gasteiger partial charge is 0.336 e. The number of benzene rings is 2. The zero-order valence-corrected chi connectivity index (χ0v) is 15.6. The zero-order valence-electron chi connectivity index (χ0n) is 14.1. The van der Waals surface area contributed by atoms with E-state index in [0.717, 1.165) is 10.9 Å². The van der Waals surface area contributed by atoms with Crippen molar-refractivity contribution in [1.82, 2.24) is 5.32 Å². The summed E-state index contributed by atoms with van der Waals surface area (Å²) < 4.78 is 24.1. The largest absolute Gasteiger partial charge is 0.497 e. The van der Waals surface area contributed by atoms with Crippen LogP contribution in [0.3, 0.4) is 0 Å². The Morgan fingerprint density at radius 3 is 2.69 bits per heavy atom. The van der Waals surface area contributed by atoms with Gasteiger partial charge in [-0.2, -0.15) is 0 Å². The molecule has 1 aromatic heterocycles. The minimum Gasteiger partial charge on any atom is -0.497 e. The lowest BCUT2D eigenvalue weighted by Crippen LogP contribution is -2.19. The summed E-state index contributed by atoms with van der Waals surface area (Å²) in [7, 11) is 1.54. The molecule has 0 spiro atoms. The first-order valence-electron chi connectivity index (χ1n) is 7.87. The van der Waals surface area contributed by atoms with E-state index in [0.29, 0.717) is 28.5 Å². The van der Waals surface area contributed by atoms with Gasteiger partial charge in [0.25, 0.3) is 0 Å². The predicted molar refractivity (Wildman–Crippen MR) is 101 cm³/mol. The van der Waals surface area contributed by atoms with Crippen LogP contribution in [-0.2, 0) is 6.54 Å². The lowest BCUT2D eigenvalue weighted by Gasteiger charge is -2.17. The molecule has 1 heterocycles. The average Bonchev–Trinajstić information content (AvgIpc) is 2.61. The number of hydrogen-bond acceptors (Lipinski definition) is 4. The molecule has 0 bridgehead atoms. The van der Waals surface area contributed by atoms with E-state index in [1.54, 1.807) is 19.2 Å². The van der Waals surface area contributed by atoms with Crippen molar-refractivity contribution in [2.45, 2.75) is 19.5 Å². The lowest BCUT2D eigenvalue weighted by atomic mass is 10.1. The van der Waals surface area contributed by atoms with E-state index in [-0.39, 0.29) is 11.1 Å². The molecule has 0 amide bonds. The van der Waals surface area contributed by atoms with Crippen LogP contribution in [-0.4, -0.2) is 7.11 Å². The standard InChI is InChI=1S/C19H16Cl2FNO3/c1-10(14-7-17(22)16(21)8-15(14)20)23-9-11-5-19(24)26-18-6-12(25-2)3-4-13(11)18/h3-8,10,23H,9H2,1-2H3/t10-/m1/s1. The molecule has 2 aromatic carbocycles. The summed E-state index contributed by atoms with van der Waals surface area (Å²) in [5, 5.41) is 4.39. The van der Waals surface area contributed by atoms with E-state index < -0.39 is 11.4 Å². The Labute approximate surface area is 159 Å². The Morgan fingerprint density at radius 1 is 1.19 bits per heavy atom. The van der Waals surface area contributed by atoms with E-state index in [1.165, 1.54) is 18.2 Å². The van der Waals surface area contributed by atoms with Crippen LogP contribution in [0.25, 0.3) is 11.0 Å². The molecule has 0 aliphatic rings. The lowest BCUT2D eigenvalue weighted by molar-refractivity contribution is 0.414. The molecule has 26 heavy (non-hydrogen) atoms. The van der Waals surface area contributed by atoms with Crippen molar-refractivity contribution < 1.29 is 13.5 Å². The summed E-state index contributed by atoms with van der Waals surface area (Å²) in [5.74, 6) is 0.0696. The molecule has 0 saturated carbocycles. The van der Waals surface area contributed by atoms with Crippen LogP contribution in [0, 0.1) is 5.82 Å². The minimum atomic E-state index is -0.530. The highest BCUT2D eigenvalue weighted by Gasteiger charge is 2.14. The maximum Gasteiger partial charge on any atom is 0.336 e. The zero-order chi connectivity index (χ0) is 18.8. The van der Waals surface area contributed by atoms with Crippen LogP contribution in [0.1, 0.15) is 24.1 Å². The van der Waals surface area contributed by atoms with E-state index >= 15 is 0 Å². The van der Waals surface area contributed by atoms with Crippen molar-refractivity contribution in [3.63, 3.8) is 0 Å². The van der Waals surface area contributed by atoms with E-state index in [4.69, 9.17) is 32.4 Å². The van der Waals surface area contributed by atoms with Gasteiger partial charge in [0, 0.05) is 35.1 Å². The Balaban J connectivity index is 1.88. The summed E-state index contributed by atoms with van der Waals surface area (Å²) >= 11 is 11.9. The van der Waals surface area contributed by atoms with Crippen LogP contribution in [0.15, 0.2) is 45.6 Å². The highest BCUT2D eigenvalue weighted by atomic mass is 35.5.